The molecule has 1 atom stereocenters. The van der Waals surface area contributed by atoms with Gasteiger partial charge in [-0.15, -0.1) is 0 Å². The lowest BCUT2D eigenvalue weighted by Crippen LogP contribution is -2.59. The standard InChI is InChI=1S/C31H28F6N2O4/c1-19-7-9-20(10-8-19)25-18-29(31(35,36)37,21-11-13-23(14-12-21)43-16-4-15-30(32,33)34)39-28(41)26(25)27(40)38-22-5-3-6-24(17-22)42-2/h3,5-14,17H,4,15-16,18H2,1-2H3,(H,38,40)(H,39,41). The van der Waals surface area contributed by atoms with Crippen molar-refractivity contribution in [3.8, 4) is 11.5 Å². The van der Waals surface area contributed by atoms with Gasteiger partial charge in [-0.05, 0) is 54.3 Å². The van der Waals surface area contributed by atoms with Gasteiger partial charge in [-0.3, -0.25) is 9.59 Å². The van der Waals surface area contributed by atoms with Gasteiger partial charge in [0.15, 0.2) is 5.54 Å². The van der Waals surface area contributed by atoms with Gasteiger partial charge in [0, 0.05) is 24.6 Å². The molecule has 0 radical (unpaired) electrons. The van der Waals surface area contributed by atoms with Crippen LogP contribution in [-0.4, -0.2) is 37.9 Å². The molecule has 0 fully saturated rings. The van der Waals surface area contributed by atoms with Gasteiger partial charge in [-0.1, -0.05) is 48.0 Å². The van der Waals surface area contributed by atoms with Crippen LogP contribution in [-0.2, 0) is 15.1 Å². The minimum atomic E-state index is -5.01. The number of alkyl halides is 6. The summed E-state index contributed by atoms with van der Waals surface area (Å²) in [5, 5.41) is 4.62. The van der Waals surface area contributed by atoms with Crippen LogP contribution < -0.4 is 20.1 Å². The molecule has 0 bridgehead atoms. The van der Waals surface area contributed by atoms with Crippen LogP contribution in [0.5, 0.6) is 11.5 Å². The Bertz CT molecular complexity index is 1500. The molecule has 0 spiro atoms. The normalized spacial score (nSPS) is 17.3. The van der Waals surface area contributed by atoms with Crippen LogP contribution in [0, 0.1) is 6.92 Å². The van der Waals surface area contributed by atoms with Crippen molar-refractivity contribution in [2.45, 2.75) is 44.1 Å². The maximum Gasteiger partial charge on any atom is 0.416 e. The van der Waals surface area contributed by atoms with Crippen molar-refractivity contribution in [3.63, 3.8) is 0 Å². The lowest BCUT2D eigenvalue weighted by atomic mass is 9.76. The number of rotatable bonds is 9. The highest BCUT2D eigenvalue weighted by molar-refractivity contribution is 6.28. The summed E-state index contributed by atoms with van der Waals surface area (Å²) in [6, 6.07) is 17.3. The second-order valence-electron chi connectivity index (χ2n) is 10.0. The van der Waals surface area contributed by atoms with E-state index in [-0.39, 0.29) is 41.2 Å². The van der Waals surface area contributed by atoms with E-state index in [2.05, 4.69) is 10.6 Å². The number of halogens is 6. The summed E-state index contributed by atoms with van der Waals surface area (Å²) in [4.78, 5) is 26.9. The Labute approximate surface area is 243 Å². The molecule has 1 unspecified atom stereocenters. The Morgan fingerprint density at radius 3 is 2.23 bits per heavy atom. The monoisotopic (exact) mass is 606 g/mol. The summed E-state index contributed by atoms with van der Waals surface area (Å²) >= 11 is 0. The van der Waals surface area contributed by atoms with Crippen molar-refractivity contribution >= 4 is 23.1 Å². The fourth-order valence-electron chi connectivity index (χ4n) is 4.73. The van der Waals surface area contributed by atoms with E-state index in [1.807, 2.05) is 0 Å². The molecule has 1 aliphatic rings. The minimum Gasteiger partial charge on any atom is -0.497 e. The maximum atomic E-state index is 14.9. The van der Waals surface area contributed by atoms with Crippen molar-refractivity contribution in [2.75, 3.05) is 19.0 Å². The zero-order valence-corrected chi connectivity index (χ0v) is 23.2. The molecule has 0 aliphatic carbocycles. The van der Waals surface area contributed by atoms with Crippen LogP contribution in [0.1, 0.15) is 36.0 Å². The van der Waals surface area contributed by atoms with Crippen molar-refractivity contribution in [1.82, 2.24) is 5.32 Å². The number of benzene rings is 3. The zero-order chi connectivity index (χ0) is 31.4. The average Bonchev–Trinajstić information content (AvgIpc) is 2.94. The number of carbonyl (C=O) groups excluding carboxylic acids is 2. The average molecular weight is 607 g/mol. The van der Waals surface area contributed by atoms with Gasteiger partial charge in [-0.25, -0.2) is 0 Å². The third kappa shape index (κ3) is 7.30. The molecule has 1 heterocycles. The number of hydrogen-bond donors (Lipinski definition) is 2. The fraction of sp³-hybridized carbons (Fsp3) is 0.290. The molecule has 0 saturated heterocycles. The fourth-order valence-corrected chi connectivity index (χ4v) is 4.73. The first-order chi connectivity index (χ1) is 20.2. The van der Waals surface area contributed by atoms with E-state index in [0.717, 1.165) is 17.7 Å². The quantitative estimate of drug-likeness (QED) is 0.155. The third-order valence-corrected chi connectivity index (χ3v) is 6.96. The molecular weight excluding hydrogens is 578 g/mol. The molecule has 0 aromatic heterocycles. The molecule has 1 aliphatic heterocycles. The molecule has 0 saturated carbocycles. The number of aryl methyl sites for hydroxylation is 1. The van der Waals surface area contributed by atoms with Gasteiger partial charge in [0.05, 0.1) is 13.7 Å². The summed E-state index contributed by atoms with van der Waals surface area (Å²) in [6.45, 7) is 1.50. The third-order valence-electron chi connectivity index (χ3n) is 6.96. The summed E-state index contributed by atoms with van der Waals surface area (Å²) < 4.78 is 92.4. The Hall–Kier alpha value is -4.48. The summed E-state index contributed by atoms with van der Waals surface area (Å²) in [7, 11) is 1.43. The number of carbonyl (C=O) groups is 2. The number of hydrogen-bond acceptors (Lipinski definition) is 4. The number of methoxy groups -OCH3 is 1. The van der Waals surface area contributed by atoms with Gasteiger partial charge in [0.1, 0.15) is 17.1 Å². The Balaban J connectivity index is 1.72. The molecule has 4 rings (SSSR count). The van der Waals surface area contributed by atoms with E-state index in [1.165, 1.54) is 25.3 Å². The summed E-state index contributed by atoms with van der Waals surface area (Å²) in [5.74, 6) is -1.65. The smallest absolute Gasteiger partial charge is 0.416 e. The summed E-state index contributed by atoms with van der Waals surface area (Å²) in [6.07, 6.45) is -11.5. The van der Waals surface area contributed by atoms with Crippen molar-refractivity contribution in [2.24, 2.45) is 0 Å². The topological polar surface area (TPSA) is 76.7 Å². The predicted octanol–water partition coefficient (Wildman–Crippen LogP) is 7.09. The molecular formula is C31H28F6N2O4. The van der Waals surface area contributed by atoms with Gasteiger partial charge >= 0.3 is 12.4 Å². The largest absolute Gasteiger partial charge is 0.497 e. The summed E-state index contributed by atoms with van der Waals surface area (Å²) in [5.41, 5.74) is -2.50. The van der Waals surface area contributed by atoms with E-state index in [4.69, 9.17) is 9.47 Å². The number of ether oxygens (including phenoxy) is 2. The minimum absolute atomic E-state index is 0.0676. The van der Waals surface area contributed by atoms with Crippen LogP contribution in [0.15, 0.2) is 78.4 Å². The predicted molar refractivity (Wildman–Crippen MR) is 147 cm³/mol. The van der Waals surface area contributed by atoms with E-state index in [9.17, 15) is 35.9 Å². The second-order valence-corrected chi connectivity index (χ2v) is 10.0. The van der Waals surface area contributed by atoms with Crippen LogP contribution in [0.2, 0.25) is 0 Å². The van der Waals surface area contributed by atoms with Crippen LogP contribution in [0.3, 0.4) is 0 Å². The molecule has 12 heteroatoms. The molecule has 2 N–H and O–H groups in total. The van der Waals surface area contributed by atoms with Gasteiger partial charge in [0.2, 0.25) is 0 Å². The van der Waals surface area contributed by atoms with Gasteiger partial charge < -0.3 is 20.1 Å². The first kappa shape index (κ1) is 31.5. The number of nitrogens with one attached hydrogen (secondary N) is 2. The molecule has 2 amide bonds. The molecule has 228 valence electrons. The highest BCUT2D eigenvalue weighted by Gasteiger charge is 2.60. The first-order valence-electron chi connectivity index (χ1n) is 13.2. The molecule has 3 aromatic carbocycles. The lowest BCUT2D eigenvalue weighted by molar-refractivity contribution is -0.201. The Kier molecular flexibility index (Phi) is 9.07. The zero-order valence-electron chi connectivity index (χ0n) is 23.2. The van der Waals surface area contributed by atoms with E-state index in [0.29, 0.717) is 5.75 Å². The maximum absolute atomic E-state index is 14.9. The highest BCUT2D eigenvalue weighted by Crippen LogP contribution is 2.48. The van der Waals surface area contributed by atoms with Crippen LogP contribution in [0.25, 0.3) is 5.57 Å². The second kappa shape index (κ2) is 12.4. The van der Waals surface area contributed by atoms with Crippen LogP contribution >= 0.6 is 0 Å². The Morgan fingerprint density at radius 2 is 1.63 bits per heavy atom. The molecule has 43 heavy (non-hydrogen) atoms. The highest BCUT2D eigenvalue weighted by atomic mass is 19.4. The lowest BCUT2D eigenvalue weighted by Gasteiger charge is -2.41. The Morgan fingerprint density at radius 1 is 0.953 bits per heavy atom. The van der Waals surface area contributed by atoms with Gasteiger partial charge in [0.25, 0.3) is 11.8 Å². The number of amides is 2. The first-order valence-corrected chi connectivity index (χ1v) is 13.2. The van der Waals surface area contributed by atoms with Crippen molar-refractivity contribution < 1.29 is 45.4 Å². The SMILES string of the molecule is COc1cccc(NC(=O)C2=C(c3ccc(C)cc3)CC(c3ccc(OCCCC(F)(F)F)cc3)(C(F)(F)F)NC2=O)c1. The molecule has 6 nitrogen and oxygen atoms in total. The van der Waals surface area contributed by atoms with Crippen LogP contribution in [0.4, 0.5) is 32.0 Å². The number of anilines is 1. The van der Waals surface area contributed by atoms with E-state index < -0.39 is 48.1 Å². The van der Waals surface area contributed by atoms with Crippen molar-refractivity contribution in [3.05, 3.63) is 95.1 Å². The molecule has 3 aromatic rings. The van der Waals surface area contributed by atoms with E-state index in [1.54, 1.807) is 49.4 Å². The van der Waals surface area contributed by atoms with Gasteiger partial charge in [-0.2, -0.15) is 26.3 Å². The van der Waals surface area contributed by atoms with E-state index >= 15 is 0 Å². The van der Waals surface area contributed by atoms with Crippen molar-refractivity contribution in [1.29, 1.82) is 0 Å².